The minimum Gasteiger partial charge on any atom is -0.459 e. The third kappa shape index (κ3) is 7.18. The number of hydrogen-bond acceptors (Lipinski definition) is 8. The normalized spacial score (nSPS) is 42.2. The second-order valence-electron chi connectivity index (χ2n) is 16.1. The summed E-state index contributed by atoms with van der Waals surface area (Å²) < 4.78 is 24.3. The highest BCUT2D eigenvalue weighted by molar-refractivity contribution is 5.79. The first-order valence-electron chi connectivity index (χ1n) is 17.0. The molecule has 1 saturated heterocycles. The first-order valence-corrected chi connectivity index (χ1v) is 17.0. The Balaban J connectivity index is 0.00000144. The predicted octanol–water partition coefficient (Wildman–Crippen LogP) is 8.16. The number of rotatable bonds is 9. The van der Waals surface area contributed by atoms with Crippen molar-refractivity contribution in [3.05, 3.63) is 0 Å². The summed E-state index contributed by atoms with van der Waals surface area (Å²) >= 11 is 0. The van der Waals surface area contributed by atoms with Crippen molar-refractivity contribution in [2.24, 2.45) is 40.9 Å². The third-order valence-electron chi connectivity index (χ3n) is 12.3. The van der Waals surface area contributed by atoms with Gasteiger partial charge < -0.3 is 24.1 Å². The van der Waals surface area contributed by atoms with Crippen molar-refractivity contribution in [2.45, 2.75) is 176 Å². The standard InChI is InChI=1S/C34H50O8.4CH4/c1-3-26(8-21(2)28(35)41-34-17-24-10-25(18-34)14-32(38,13-24)20-34)29(36)42-33-15-22-9-23(16-33)12-31(11-22,19-33)30(37)40-27-6-4-5-7-39-27;;;;/h21-27,38H,3-20H2,1-2H3;4*1H4. The maximum Gasteiger partial charge on any atom is 0.314 e. The van der Waals surface area contributed by atoms with Crippen molar-refractivity contribution in [2.75, 3.05) is 6.61 Å². The first-order chi connectivity index (χ1) is 20.0. The summed E-state index contributed by atoms with van der Waals surface area (Å²) in [5, 5.41) is 11.1. The fraction of sp³-hybridized carbons (Fsp3) is 0.921. The van der Waals surface area contributed by atoms with Crippen LogP contribution in [-0.4, -0.2) is 52.7 Å². The van der Waals surface area contributed by atoms with Crippen LogP contribution in [0, 0.1) is 40.9 Å². The Kier molecular flexibility index (Phi) is 11.8. The van der Waals surface area contributed by atoms with E-state index in [2.05, 4.69) is 0 Å². The molecule has 9 rings (SSSR count). The van der Waals surface area contributed by atoms with Gasteiger partial charge in [-0.2, -0.15) is 0 Å². The molecule has 1 heterocycles. The van der Waals surface area contributed by atoms with E-state index in [9.17, 15) is 19.5 Å². The Labute approximate surface area is 279 Å². The van der Waals surface area contributed by atoms with E-state index in [0.717, 1.165) is 83.5 Å². The van der Waals surface area contributed by atoms with E-state index in [1.54, 1.807) is 0 Å². The van der Waals surface area contributed by atoms with E-state index in [0.29, 0.717) is 56.0 Å². The molecule has 266 valence electrons. The topological polar surface area (TPSA) is 108 Å². The van der Waals surface area contributed by atoms with Crippen LogP contribution in [0.15, 0.2) is 0 Å². The molecule has 8 heteroatoms. The van der Waals surface area contributed by atoms with Crippen LogP contribution >= 0.6 is 0 Å². The number of ether oxygens (including phenoxy) is 4. The molecule has 0 aromatic heterocycles. The summed E-state index contributed by atoms with van der Waals surface area (Å²) in [6, 6.07) is 0. The average molecular weight is 651 g/mol. The van der Waals surface area contributed by atoms with Crippen LogP contribution in [0.3, 0.4) is 0 Å². The van der Waals surface area contributed by atoms with Crippen molar-refractivity contribution >= 4 is 17.9 Å². The molecule has 8 saturated carbocycles. The molecule has 0 spiro atoms. The van der Waals surface area contributed by atoms with E-state index in [1.165, 1.54) is 0 Å². The van der Waals surface area contributed by atoms with Crippen LogP contribution < -0.4 is 0 Å². The third-order valence-corrected chi connectivity index (χ3v) is 12.3. The number of hydrogen-bond donors (Lipinski definition) is 1. The van der Waals surface area contributed by atoms with Gasteiger partial charge >= 0.3 is 17.9 Å². The molecule has 9 aliphatic rings. The molecule has 8 aliphatic carbocycles. The van der Waals surface area contributed by atoms with Gasteiger partial charge in [0.1, 0.15) is 11.2 Å². The van der Waals surface area contributed by atoms with E-state index in [1.807, 2.05) is 13.8 Å². The van der Waals surface area contributed by atoms with Crippen LogP contribution in [0.5, 0.6) is 0 Å². The Morgan fingerprint density at radius 3 is 1.85 bits per heavy atom. The SMILES string of the molecule is C.C.C.C.CCC(CC(C)C(=O)OC12CC3CC(CC(O)(C3)C1)C2)C(=O)OC12CC3CC(C1)CC(C(=O)OC1CCCCO1)(C3)C2. The highest BCUT2D eigenvalue weighted by Crippen LogP contribution is 2.64. The number of esters is 3. The van der Waals surface area contributed by atoms with Crippen LogP contribution in [0.25, 0.3) is 0 Å². The predicted molar refractivity (Wildman–Crippen MR) is 179 cm³/mol. The van der Waals surface area contributed by atoms with Crippen LogP contribution in [0.2, 0.25) is 0 Å². The first kappa shape index (κ1) is 38.8. The van der Waals surface area contributed by atoms with Gasteiger partial charge in [0.2, 0.25) is 6.29 Å². The lowest BCUT2D eigenvalue weighted by molar-refractivity contribution is -0.231. The maximum atomic E-state index is 13.7. The zero-order valence-electron chi connectivity index (χ0n) is 25.6. The molecule has 7 unspecified atom stereocenters. The molecule has 8 bridgehead atoms. The van der Waals surface area contributed by atoms with Crippen LogP contribution in [0.1, 0.15) is 153 Å². The zero-order valence-corrected chi connectivity index (χ0v) is 25.6. The van der Waals surface area contributed by atoms with E-state index < -0.39 is 40.3 Å². The largest absolute Gasteiger partial charge is 0.459 e. The molecule has 7 atom stereocenters. The van der Waals surface area contributed by atoms with Crippen molar-refractivity contribution in [3.8, 4) is 0 Å². The lowest BCUT2D eigenvalue weighted by atomic mass is 9.48. The van der Waals surface area contributed by atoms with E-state index >= 15 is 0 Å². The van der Waals surface area contributed by atoms with Gasteiger partial charge in [-0.05, 0) is 114 Å². The zero-order chi connectivity index (χ0) is 29.3. The summed E-state index contributed by atoms with van der Waals surface area (Å²) in [7, 11) is 0. The molecular weight excluding hydrogens is 584 g/mol. The summed E-state index contributed by atoms with van der Waals surface area (Å²) in [4.78, 5) is 40.7. The molecule has 0 amide bonds. The monoisotopic (exact) mass is 650 g/mol. The van der Waals surface area contributed by atoms with Crippen LogP contribution in [-0.2, 0) is 33.3 Å². The quantitative estimate of drug-likeness (QED) is 0.197. The Bertz CT molecular complexity index is 1070. The summed E-state index contributed by atoms with van der Waals surface area (Å²) in [5.41, 5.74) is -2.45. The molecule has 0 aromatic carbocycles. The fourth-order valence-corrected chi connectivity index (χ4v) is 11.4. The minimum atomic E-state index is -0.686. The Hall–Kier alpha value is -1.67. The van der Waals surface area contributed by atoms with Crippen molar-refractivity contribution in [1.29, 1.82) is 0 Å². The van der Waals surface area contributed by atoms with E-state index in [4.69, 9.17) is 18.9 Å². The smallest absolute Gasteiger partial charge is 0.314 e. The number of carbonyl (C=O) groups excluding carboxylic acids is 3. The Morgan fingerprint density at radius 1 is 0.783 bits per heavy atom. The maximum absolute atomic E-state index is 13.7. The van der Waals surface area contributed by atoms with E-state index in [-0.39, 0.29) is 47.6 Å². The molecule has 9 fully saturated rings. The van der Waals surface area contributed by atoms with Gasteiger partial charge in [0, 0.05) is 19.3 Å². The lowest BCUT2D eigenvalue weighted by Crippen LogP contribution is -2.60. The molecular formula is C38H66O8. The summed E-state index contributed by atoms with van der Waals surface area (Å²) in [5.74, 6) is 0.101. The molecule has 1 N–H and O–H groups in total. The second kappa shape index (κ2) is 14.1. The van der Waals surface area contributed by atoms with Gasteiger partial charge in [-0.1, -0.05) is 43.6 Å². The summed E-state index contributed by atoms with van der Waals surface area (Å²) in [6.45, 7) is 4.46. The van der Waals surface area contributed by atoms with Gasteiger partial charge in [0.15, 0.2) is 0 Å². The lowest BCUT2D eigenvalue weighted by Gasteiger charge is -2.60. The van der Waals surface area contributed by atoms with Gasteiger partial charge in [-0.25, -0.2) is 0 Å². The van der Waals surface area contributed by atoms with Gasteiger partial charge in [0.25, 0.3) is 0 Å². The molecule has 8 nitrogen and oxygen atoms in total. The Morgan fingerprint density at radius 2 is 1.33 bits per heavy atom. The van der Waals surface area contributed by atoms with Crippen LogP contribution in [0.4, 0.5) is 0 Å². The molecule has 0 aromatic rings. The summed E-state index contributed by atoms with van der Waals surface area (Å²) in [6.07, 6.45) is 13.2. The molecule has 0 radical (unpaired) electrons. The number of aliphatic hydroxyl groups is 1. The fourth-order valence-electron chi connectivity index (χ4n) is 11.4. The van der Waals surface area contributed by atoms with Gasteiger partial charge in [-0.15, -0.1) is 0 Å². The van der Waals surface area contributed by atoms with Crippen molar-refractivity contribution in [3.63, 3.8) is 0 Å². The highest BCUT2D eigenvalue weighted by Gasteiger charge is 2.64. The van der Waals surface area contributed by atoms with Crippen molar-refractivity contribution < 1.29 is 38.4 Å². The van der Waals surface area contributed by atoms with Crippen molar-refractivity contribution in [1.82, 2.24) is 0 Å². The minimum absolute atomic E-state index is 0. The molecule has 46 heavy (non-hydrogen) atoms. The van der Waals surface area contributed by atoms with Gasteiger partial charge in [-0.3, -0.25) is 14.4 Å². The molecule has 1 aliphatic heterocycles. The number of carbonyl (C=O) groups is 3. The highest BCUT2D eigenvalue weighted by atomic mass is 16.7. The second-order valence-corrected chi connectivity index (χ2v) is 16.1. The average Bonchev–Trinajstić information content (AvgIpc) is 2.89. The van der Waals surface area contributed by atoms with Gasteiger partial charge in [0.05, 0.1) is 29.5 Å².